The van der Waals surface area contributed by atoms with E-state index in [1.165, 1.54) is 5.56 Å². The number of fused-ring (bicyclic) bond motifs is 1. The number of rotatable bonds is 2. The van der Waals surface area contributed by atoms with Gasteiger partial charge in [0.15, 0.2) is 0 Å². The van der Waals surface area contributed by atoms with Crippen LogP contribution in [-0.2, 0) is 7.05 Å². The van der Waals surface area contributed by atoms with Crippen molar-refractivity contribution in [3.05, 3.63) is 35.0 Å². The van der Waals surface area contributed by atoms with Crippen LogP contribution >= 0.6 is 0 Å². The Morgan fingerprint density at radius 1 is 1.35 bits per heavy atom. The van der Waals surface area contributed by atoms with Crippen molar-refractivity contribution in [2.75, 3.05) is 0 Å². The molecule has 3 nitrogen and oxygen atoms in total. The normalized spacial score (nSPS) is 11.4. The Morgan fingerprint density at radius 2 is 2.00 bits per heavy atom. The summed E-state index contributed by atoms with van der Waals surface area (Å²) >= 11 is 0. The van der Waals surface area contributed by atoms with Crippen LogP contribution in [0.15, 0.2) is 18.2 Å². The van der Waals surface area contributed by atoms with Crippen LogP contribution in [0.2, 0.25) is 0 Å². The van der Waals surface area contributed by atoms with Gasteiger partial charge in [0.05, 0.1) is 5.52 Å². The van der Waals surface area contributed by atoms with E-state index < -0.39 is 5.97 Å². The van der Waals surface area contributed by atoms with E-state index in [-0.39, 0.29) is 0 Å². The molecule has 0 radical (unpaired) electrons. The van der Waals surface area contributed by atoms with Gasteiger partial charge in [-0.05, 0) is 30.0 Å². The van der Waals surface area contributed by atoms with Crippen molar-refractivity contribution in [3.8, 4) is 0 Å². The third-order valence-corrected chi connectivity index (χ3v) is 3.29. The number of hydrogen-bond acceptors (Lipinski definition) is 1. The van der Waals surface area contributed by atoms with Crippen LogP contribution in [0, 0.1) is 6.92 Å². The molecule has 0 aliphatic carbocycles. The molecule has 17 heavy (non-hydrogen) atoms. The predicted octanol–water partition coefficient (Wildman–Crippen LogP) is 3.31. The van der Waals surface area contributed by atoms with E-state index >= 15 is 0 Å². The van der Waals surface area contributed by atoms with E-state index in [1.807, 2.05) is 14.0 Å². The van der Waals surface area contributed by atoms with E-state index in [9.17, 15) is 4.79 Å². The Kier molecular flexibility index (Phi) is 2.69. The highest BCUT2D eigenvalue weighted by Gasteiger charge is 2.16. The first-order valence-corrected chi connectivity index (χ1v) is 5.75. The molecule has 0 spiro atoms. The molecule has 0 atom stereocenters. The Balaban J connectivity index is 2.89. The molecule has 0 aliphatic heterocycles. The maximum atomic E-state index is 11.2. The van der Waals surface area contributed by atoms with Crippen molar-refractivity contribution >= 4 is 16.9 Å². The van der Waals surface area contributed by atoms with Gasteiger partial charge in [-0.2, -0.15) is 0 Å². The quantitative estimate of drug-likeness (QED) is 0.861. The lowest BCUT2D eigenvalue weighted by molar-refractivity contribution is 0.0687. The number of carboxylic acid groups (broad SMARTS) is 1. The Hall–Kier alpha value is -1.77. The monoisotopic (exact) mass is 231 g/mol. The topological polar surface area (TPSA) is 42.2 Å². The van der Waals surface area contributed by atoms with Crippen molar-refractivity contribution in [2.24, 2.45) is 7.05 Å². The second-order valence-corrected chi connectivity index (χ2v) is 4.78. The summed E-state index contributed by atoms with van der Waals surface area (Å²) in [5.41, 5.74) is 3.70. The minimum absolute atomic E-state index is 0.344. The number of nitrogens with zero attached hydrogens (tertiary/aromatic N) is 1. The molecule has 0 fully saturated rings. The van der Waals surface area contributed by atoms with Gasteiger partial charge in [0.1, 0.15) is 5.69 Å². The predicted molar refractivity (Wildman–Crippen MR) is 68.7 cm³/mol. The molecule has 0 saturated heterocycles. The van der Waals surface area contributed by atoms with Crippen LogP contribution in [0.4, 0.5) is 0 Å². The first-order chi connectivity index (χ1) is 7.93. The van der Waals surface area contributed by atoms with Crippen LogP contribution < -0.4 is 0 Å². The molecule has 3 heteroatoms. The van der Waals surface area contributed by atoms with Gasteiger partial charge in [0, 0.05) is 12.4 Å². The van der Waals surface area contributed by atoms with Crippen LogP contribution in [-0.4, -0.2) is 15.6 Å². The van der Waals surface area contributed by atoms with Gasteiger partial charge in [-0.1, -0.05) is 26.0 Å². The summed E-state index contributed by atoms with van der Waals surface area (Å²) < 4.78 is 1.78. The van der Waals surface area contributed by atoms with Crippen molar-refractivity contribution in [1.82, 2.24) is 4.57 Å². The molecular weight excluding hydrogens is 214 g/mol. The zero-order valence-corrected chi connectivity index (χ0v) is 10.6. The van der Waals surface area contributed by atoms with Gasteiger partial charge >= 0.3 is 5.97 Å². The number of carboxylic acids is 1. The highest BCUT2D eigenvalue weighted by Crippen LogP contribution is 2.30. The second kappa shape index (κ2) is 3.91. The van der Waals surface area contributed by atoms with Crippen LogP contribution in [0.25, 0.3) is 10.9 Å². The Labute approximate surface area is 101 Å². The number of benzene rings is 1. The third-order valence-electron chi connectivity index (χ3n) is 3.29. The summed E-state index contributed by atoms with van der Waals surface area (Å²) in [6.07, 6.45) is 0. The lowest BCUT2D eigenvalue weighted by atomic mass is 9.98. The maximum Gasteiger partial charge on any atom is 0.352 e. The number of aryl methyl sites for hydroxylation is 2. The molecule has 0 bridgehead atoms. The number of carbonyl (C=O) groups is 1. The summed E-state index contributed by atoms with van der Waals surface area (Å²) in [5, 5.41) is 10.2. The molecule has 90 valence electrons. The fraction of sp³-hybridized carbons (Fsp3) is 0.357. The minimum Gasteiger partial charge on any atom is -0.477 e. The summed E-state index contributed by atoms with van der Waals surface area (Å²) in [6, 6.07) is 5.91. The summed E-state index contributed by atoms with van der Waals surface area (Å²) in [7, 11) is 1.82. The Morgan fingerprint density at radius 3 is 2.53 bits per heavy atom. The van der Waals surface area contributed by atoms with E-state index in [1.54, 1.807) is 10.6 Å². The van der Waals surface area contributed by atoms with Gasteiger partial charge < -0.3 is 9.67 Å². The van der Waals surface area contributed by atoms with Crippen molar-refractivity contribution in [3.63, 3.8) is 0 Å². The molecule has 1 heterocycles. The van der Waals surface area contributed by atoms with Crippen LogP contribution in [0.3, 0.4) is 0 Å². The highest BCUT2D eigenvalue weighted by atomic mass is 16.4. The molecule has 1 aromatic heterocycles. The highest BCUT2D eigenvalue weighted by molar-refractivity contribution is 5.97. The number of hydrogen-bond donors (Lipinski definition) is 1. The van der Waals surface area contributed by atoms with Crippen LogP contribution in [0.1, 0.15) is 41.4 Å². The van der Waals surface area contributed by atoms with Crippen LogP contribution in [0.5, 0.6) is 0 Å². The first kappa shape index (κ1) is 11.7. The fourth-order valence-electron chi connectivity index (χ4n) is 2.31. The molecular formula is C14H17NO2. The zero-order valence-electron chi connectivity index (χ0n) is 10.6. The van der Waals surface area contributed by atoms with Crippen molar-refractivity contribution < 1.29 is 9.90 Å². The van der Waals surface area contributed by atoms with E-state index in [0.717, 1.165) is 16.5 Å². The SMILES string of the molecule is Cc1ccc(C(C)C)c2c1cc(C(=O)O)n2C. The molecule has 0 amide bonds. The average Bonchev–Trinajstić information content (AvgIpc) is 2.58. The molecule has 0 saturated carbocycles. The lowest BCUT2D eigenvalue weighted by Crippen LogP contribution is -2.05. The molecule has 1 N–H and O–H groups in total. The van der Waals surface area contributed by atoms with Gasteiger partial charge in [-0.3, -0.25) is 0 Å². The van der Waals surface area contributed by atoms with E-state index in [2.05, 4.69) is 26.0 Å². The lowest BCUT2D eigenvalue weighted by Gasteiger charge is -2.11. The number of aromatic nitrogens is 1. The van der Waals surface area contributed by atoms with Gasteiger partial charge in [-0.15, -0.1) is 0 Å². The fourth-order valence-corrected chi connectivity index (χ4v) is 2.31. The van der Waals surface area contributed by atoms with Crippen molar-refractivity contribution in [1.29, 1.82) is 0 Å². The van der Waals surface area contributed by atoms with E-state index in [4.69, 9.17) is 5.11 Å². The molecule has 2 aromatic rings. The average molecular weight is 231 g/mol. The van der Waals surface area contributed by atoms with E-state index in [0.29, 0.717) is 11.6 Å². The van der Waals surface area contributed by atoms with Crippen molar-refractivity contribution in [2.45, 2.75) is 26.7 Å². The maximum absolute atomic E-state index is 11.2. The largest absolute Gasteiger partial charge is 0.477 e. The molecule has 0 aliphatic rings. The summed E-state index contributed by atoms with van der Waals surface area (Å²) in [4.78, 5) is 11.2. The third kappa shape index (κ3) is 1.71. The smallest absolute Gasteiger partial charge is 0.352 e. The standard InChI is InChI=1S/C14H17NO2/c1-8(2)10-6-5-9(3)11-7-12(14(16)17)15(4)13(10)11/h5-8H,1-4H3,(H,16,17). The number of aromatic carboxylic acids is 1. The zero-order chi connectivity index (χ0) is 12.7. The first-order valence-electron chi connectivity index (χ1n) is 5.75. The molecule has 2 rings (SSSR count). The van der Waals surface area contributed by atoms with Gasteiger partial charge in [0.2, 0.25) is 0 Å². The molecule has 0 unspecified atom stereocenters. The molecule has 1 aromatic carbocycles. The Bertz CT molecular complexity index is 594. The summed E-state index contributed by atoms with van der Waals surface area (Å²) in [6.45, 7) is 6.26. The minimum atomic E-state index is -0.877. The summed E-state index contributed by atoms with van der Waals surface area (Å²) in [5.74, 6) is -0.494. The van der Waals surface area contributed by atoms with Gasteiger partial charge in [-0.25, -0.2) is 4.79 Å². The van der Waals surface area contributed by atoms with Gasteiger partial charge in [0.25, 0.3) is 0 Å². The second-order valence-electron chi connectivity index (χ2n) is 4.78.